The summed E-state index contributed by atoms with van der Waals surface area (Å²) >= 11 is 2.00. The van der Waals surface area contributed by atoms with Gasteiger partial charge < -0.3 is 0 Å². The second-order valence-electron chi connectivity index (χ2n) is 5.19. The summed E-state index contributed by atoms with van der Waals surface area (Å²) in [5.74, 6) is 0. The third-order valence-electron chi connectivity index (χ3n) is 3.90. The molecular formula is C13H24OS2. The second kappa shape index (κ2) is 7.05. The van der Waals surface area contributed by atoms with E-state index < -0.39 is 10.8 Å². The van der Waals surface area contributed by atoms with Crippen molar-refractivity contribution in [3.8, 4) is 0 Å². The Labute approximate surface area is 107 Å². The zero-order valence-electron chi connectivity index (χ0n) is 10.2. The summed E-state index contributed by atoms with van der Waals surface area (Å²) in [6.07, 6.45) is 13.4. The Morgan fingerprint density at radius 1 is 0.875 bits per heavy atom. The molecule has 0 aromatic carbocycles. The van der Waals surface area contributed by atoms with E-state index in [9.17, 15) is 4.21 Å². The maximum Gasteiger partial charge on any atom is 0.0697 e. The molecule has 0 amide bonds. The lowest BCUT2D eigenvalue weighted by Crippen LogP contribution is -2.21. The van der Waals surface area contributed by atoms with Crippen LogP contribution in [0.2, 0.25) is 0 Å². The van der Waals surface area contributed by atoms with Crippen LogP contribution < -0.4 is 0 Å². The zero-order valence-corrected chi connectivity index (χ0v) is 11.8. The molecule has 0 N–H and O–H groups in total. The summed E-state index contributed by atoms with van der Waals surface area (Å²) in [5.41, 5.74) is 0. The fourth-order valence-corrected chi connectivity index (χ4v) is 6.42. The highest BCUT2D eigenvalue weighted by Gasteiger charge is 2.21. The SMILES string of the molecule is O=S(CSC1CCCCC1)C1CCCCC1. The van der Waals surface area contributed by atoms with Crippen molar-refractivity contribution in [3.05, 3.63) is 0 Å². The summed E-state index contributed by atoms with van der Waals surface area (Å²) in [4.78, 5) is 0. The third-order valence-corrected chi connectivity index (χ3v) is 7.53. The van der Waals surface area contributed by atoms with Gasteiger partial charge in [-0.15, -0.1) is 11.8 Å². The van der Waals surface area contributed by atoms with Crippen molar-refractivity contribution in [2.45, 2.75) is 74.7 Å². The normalized spacial score (nSPS) is 26.8. The monoisotopic (exact) mass is 260 g/mol. The standard InChI is InChI=1S/C13H24OS2/c14-16(13-9-5-2-6-10-13)11-15-12-7-3-1-4-8-12/h12-13H,1-11H2. The topological polar surface area (TPSA) is 17.1 Å². The third kappa shape index (κ3) is 4.06. The minimum atomic E-state index is -0.545. The van der Waals surface area contributed by atoms with Crippen molar-refractivity contribution in [3.63, 3.8) is 0 Å². The van der Waals surface area contributed by atoms with Crippen molar-refractivity contribution in [1.29, 1.82) is 0 Å². The van der Waals surface area contributed by atoms with E-state index in [1.54, 1.807) is 0 Å². The van der Waals surface area contributed by atoms with Gasteiger partial charge in [0, 0.05) is 21.3 Å². The van der Waals surface area contributed by atoms with Gasteiger partial charge in [-0.05, 0) is 25.7 Å². The predicted octanol–water partition coefficient (Wildman–Crippen LogP) is 4.09. The van der Waals surface area contributed by atoms with E-state index in [4.69, 9.17) is 0 Å². The zero-order chi connectivity index (χ0) is 11.2. The minimum absolute atomic E-state index is 0.532. The molecule has 2 aliphatic rings. The van der Waals surface area contributed by atoms with Crippen LogP contribution >= 0.6 is 11.8 Å². The summed E-state index contributed by atoms with van der Waals surface area (Å²) in [6.45, 7) is 0. The van der Waals surface area contributed by atoms with Crippen molar-refractivity contribution < 1.29 is 4.21 Å². The predicted molar refractivity (Wildman–Crippen MR) is 74.3 cm³/mol. The molecule has 2 rings (SSSR count). The van der Waals surface area contributed by atoms with Crippen molar-refractivity contribution in [2.24, 2.45) is 0 Å². The van der Waals surface area contributed by atoms with Crippen LogP contribution in [-0.4, -0.2) is 19.8 Å². The second-order valence-corrected chi connectivity index (χ2v) is 8.56. The van der Waals surface area contributed by atoms with Crippen molar-refractivity contribution in [1.82, 2.24) is 0 Å². The quantitative estimate of drug-likeness (QED) is 0.757. The molecule has 0 aliphatic heterocycles. The highest BCUT2D eigenvalue weighted by Crippen LogP contribution is 2.30. The van der Waals surface area contributed by atoms with Gasteiger partial charge in [0.2, 0.25) is 0 Å². The molecule has 1 atom stereocenters. The first-order chi connectivity index (χ1) is 7.86. The first kappa shape index (κ1) is 12.9. The lowest BCUT2D eigenvalue weighted by atomic mass is 10.0. The average molecular weight is 260 g/mol. The molecule has 3 heteroatoms. The Bertz CT molecular complexity index is 218. The van der Waals surface area contributed by atoms with Crippen molar-refractivity contribution in [2.75, 3.05) is 5.08 Å². The van der Waals surface area contributed by atoms with Crippen LogP contribution in [0.5, 0.6) is 0 Å². The first-order valence-electron chi connectivity index (χ1n) is 6.85. The van der Waals surface area contributed by atoms with Gasteiger partial charge in [0.15, 0.2) is 0 Å². The molecule has 2 saturated carbocycles. The molecule has 0 aromatic rings. The molecule has 0 radical (unpaired) electrons. The minimum Gasteiger partial charge on any atom is -0.258 e. The molecule has 0 saturated heterocycles. The molecule has 94 valence electrons. The van der Waals surface area contributed by atoms with Gasteiger partial charge in [-0.1, -0.05) is 38.5 Å². The molecule has 1 nitrogen and oxygen atoms in total. The van der Waals surface area contributed by atoms with Crippen LogP contribution in [0.15, 0.2) is 0 Å². The fraction of sp³-hybridized carbons (Fsp3) is 1.00. The van der Waals surface area contributed by atoms with Crippen molar-refractivity contribution >= 4 is 22.6 Å². The van der Waals surface area contributed by atoms with E-state index in [1.165, 1.54) is 64.2 Å². The van der Waals surface area contributed by atoms with Crippen LogP contribution in [0.4, 0.5) is 0 Å². The average Bonchev–Trinajstić information content (AvgIpc) is 2.38. The smallest absolute Gasteiger partial charge is 0.0697 e. The van der Waals surface area contributed by atoms with Gasteiger partial charge >= 0.3 is 0 Å². The molecule has 0 aromatic heterocycles. The van der Waals surface area contributed by atoms with Crippen LogP contribution in [0.3, 0.4) is 0 Å². The molecule has 2 fully saturated rings. The first-order valence-corrected chi connectivity index (χ1v) is 9.28. The number of hydrogen-bond donors (Lipinski definition) is 0. The van der Waals surface area contributed by atoms with Crippen LogP contribution in [0, 0.1) is 0 Å². The highest BCUT2D eigenvalue weighted by molar-refractivity contribution is 8.10. The Balaban J connectivity index is 1.65. The molecular weight excluding hydrogens is 236 g/mol. The Kier molecular flexibility index (Phi) is 5.70. The van der Waals surface area contributed by atoms with Crippen LogP contribution in [0.25, 0.3) is 0 Å². The Hall–Kier alpha value is 0.500. The molecule has 0 heterocycles. The van der Waals surface area contributed by atoms with E-state index in [-0.39, 0.29) is 0 Å². The summed E-state index contributed by atoms with van der Waals surface area (Å²) < 4.78 is 12.1. The van der Waals surface area contributed by atoms with E-state index in [1.807, 2.05) is 11.8 Å². The van der Waals surface area contributed by atoms with Gasteiger partial charge in [0.05, 0.1) is 5.08 Å². The summed E-state index contributed by atoms with van der Waals surface area (Å²) in [6, 6.07) is 0. The van der Waals surface area contributed by atoms with E-state index >= 15 is 0 Å². The van der Waals surface area contributed by atoms with Gasteiger partial charge in [-0.25, -0.2) is 0 Å². The van der Waals surface area contributed by atoms with Crippen LogP contribution in [-0.2, 0) is 10.8 Å². The maximum atomic E-state index is 12.1. The lowest BCUT2D eigenvalue weighted by molar-refractivity contribution is 0.505. The van der Waals surface area contributed by atoms with E-state index in [0.29, 0.717) is 5.25 Å². The molecule has 0 spiro atoms. The Morgan fingerprint density at radius 2 is 1.44 bits per heavy atom. The Morgan fingerprint density at radius 3 is 2.06 bits per heavy atom. The fourth-order valence-electron chi connectivity index (χ4n) is 2.82. The summed E-state index contributed by atoms with van der Waals surface area (Å²) in [5, 5.41) is 2.26. The van der Waals surface area contributed by atoms with Gasteiger partial charge in [0.25, 0.3) is 0 Å². The number of rotatable bonds is 4. The lowest BCUT2D eigenvalue weighted by Gasteiger charge is -2.24. The van der Waals surface area contributed by atoms with E-state index in [2.05, 4.69) is 0 Å². The summed E-state index contributed by atoms with van der Waals surface area (Å²) in [7, 11) is -0.545. The molecule has 2 aliphatic carbocycles. The maximum absolute atomic E-state index is 12.1. The van der Waals surface area contributed by atoms with Gasteiger partial charge in [-0.2, -0.15) is 0 Å². The molecule has 1 unspecified atom stereocenters. The number of hydrogen-bond acceptors (Lipinski definition) is 2. The highest BCUT2D eigenvalue weighted by atomic mass is 32.2. The number of thioether (sulfide) groups is 1. The molecule has 16 heavy (non-hydrogen) atoms. The largest absolute Gasteiger partial charge is 0.258 e. The molecule has 0 bridgehead atoms. The van der Waals surface area contributed by atoms with Crippen LogP contribution in [0.1, 0.15) is 64.2 Å². The van der Waals surface area contributed by atoms with Gasteiger partial charge in [0.1, 0.15) is 0 Å². The van der Waals surface area contributed by atoms with E-state index in [0.717, 1.165) is 10.3 Å². The van der Waals surface area contributed by atoms with Gasteiger partial charge in [-0.3, -0.25) is 4.21 Å².